The molecule has 2 aromatic rings. The van der Waals surface area contributed by atoms with Gasteiger partial charge in [-0.15, -0.1) is 0 Å². The smallest absolute Gasteiger partial charge is 0.261 e. The summed E-state index contributed by atoms with van der Waals surface area (Å²) in [7, 11) is -0.712. The number of hydrogen-bond donors (Lipinski definition) is 3. The molecule has 1 aliphatic rings. The summed E-state index contributed by atoms with van der Waals surface area (Å²) in [5.41, 5.74) is 0.917. The Bertz CT molecular complexity index is 926. The first-order chi connectivity index (χ1) is 12.9. The van der Waals surface area contributed by atoms with E-state index in [0.717, 1.165) is 12.8 Å². The van der Waals surface area contributed by atoms with Gasteiger partial charge in [-0.3, -0.25) is 4.72 Å². The van der Waals surface area contributed by atoms with E-state index >= 15 is 0 Å². The fourth-order valence-corrected chi connectivity index (χ4v) is 3.76. The number of methoxy groups -OCH3 is 2. The molecule has 0 radical (unpaired) electrons. The van der Waals surface area contributed by atoms with Gasteiger partial charge in [-0.2, -0.15) is 0 Å². The molecule has 144 valence electrons. The third-order valence-electron chi connectivity index (χ3n) is 3.98. The summed E-state index contributed by atoms with van der Waals surface area (Å²) in [6.45, 7) is 0. The molecule has 1 fully saturated rings. The van der Waals surface area contributed by atoms with Crippen molar-refractivity contribution >= 4 is 38.7 Å². The van der Waals surface area contributed by atoms with Gasteiger partial charge in [0.25, 0.3) is 10.0 Å². The van der Waals surface area contributed by atoms with E-state index in [2.05, 4.69) is 15.4 Å². The second-order valence-electron chi connectivity index (χ2n) is 6.07. The number of sulfonamides is 1. The highest BCUT2D eigenvalue weighted by Crippen LogP contribution is 2.29. The zero-order valence-corrected chi connectivity index (χ0v) is 16.6. The number of hydrogen-bond acceptors (Lipinski definition) is 5. The number of nitrogens with one attached hydrogen (secondary N) is 3. The Morgan fingerprint density at radius 2 is 1.78 bits per heavy atom. The van der Waals surface area contributed by atoms with Crippen LogP contribution in [0.1, 0.15) is 12.8 Å². The van der Waals surface area contributed by atoms with E-state index in [1.54, 1.807) is 37.4 Å². The van der Waals surface area contributed by atoms with E-state index in [-0.39, 0.29) is 4.90 Å². The van der Waals surface area contributed by atoms with Crippen molar-refractivity contribution in [3.05, 3.63) is 42.5 Å². The van der Waals surface area contributed by atoms with E-state index in [1.165, 1.54) is 19.2 Å². The summed E-state index contributed by atoms with van der Waals surface area (Å²) in [6.07, 6.45) is 2.16. The molecule has 0 unspecified atom stereocenters. The number of benzene rings is 2. The maximum atomic E-state index is 12.7. The van der Waals surface area contributed by atoms with Crippen LogP contribution in [0.3, 0.4) is 0 Å². The van der Waals surface area contributed by atoms with Crippen LogP contribution in [0.2, 0.25) is 0 Å². The minimum atomic E-state index is -3.78. The van der Waals surface area contributed by atoms with Gasteiger partial charge in [-0.25, -0.2) is 8.42 Å². The Kier molecular flexibility index (Phi) is 5.71. The molecule has 3 N–H and O–H groups in total. The molecule has 1 aliphatic carbocycles. The van der Waals surface area contributed by atoms with Crippen LogP contribution >= 0.6 is 12.2 Å². The molecule has 9 heteroatoms. The molecule has 3 rings (SSSR count). The molecule has 2 aromatic carbocycles. The van der Waals surface area contributed by atoms with Crippen molar-refractivity contribution in [2.75, 3.05) is 24.3 Å². The minimum Gasteiger partial charge on any atom is -0.497 e. The fraction of sp³-hybridized carbons (Fsp3) is 0.278. The van der Waals surface area contributed by atoms with Crippen LogP contribution in [0.5, 0.6) is 11.5 Å². The normalized spacial score (nSPS) is 13.6. The van der Waals surface area contributed by atoms with Crippen molar-refractivity contribution in [3.63, 3.8) is 0 Å². The molecule has 0 atom stereocenters. The summed E-state index contributed by atoms with van der Waals surface area (Å²) in [6, 6.07) is 11.6. The van der Waals surface area contributed by atoms with E-state index in [0.29, 0.717) is 34.0 Å². The number of rotatable bonds is 7. The van der Waals surface area contributed by atoms with E-state index in [4.69, 9.17) is 21.7 Å². The zero-order valence-electron chi connectivity index (χ0n) is 15.0. The van der Waals surface area contributed by atoms with Gasteiger partial charge in [-0.05, 0) is 67.5 Å². The van der Waals surface area contributed by atoms with E-state index in [1.807, 2.05) is 0 Å². The highest BCUT2D eigenvalue weighted by molar-refractivity contribution is 7.92. The topological polar surface area (TPSA) is 88.7 Å². The van der Waals surface area contributed by atoms with Crippen LogP contribution < -0.4 is 24.8 Å². The lowest BCUT2D eigenvalue weighted by Gasteiger charge is -2.15. The SMILES string of the molecule is COc1ccc(NS(=O)(=O)c2ccc(OC)c(NC(=S)NC3CC3)c2)cc1. The average molecular weight is 408 g/mol. The van der Waals surface area contributed by atoms with Gasteiger partial charge in [0.2, 0.25) is 0 Å². The predicted molar refractivity (Wildman–Crippen MR) is 109 cm³/mol. The quantitative estimate of drug-likeness (QED) is 0.608. The van der Waals surface area contributed by atoms with Gasteiger partial charge in [0.05, 0.1) is 24.8 Å². The molecule has 0 heterocycles. The molecule has 0 aromatic heterocycles. The lowest BCUT2D eigenvalue weighted by molar-refractivity contribution is 0.415. The molecule has 0 amide bonds. The summed E-state index contributed by atoms with van der Waals surface area (Å²) in [5.74, 6) is 1.14. The highest BCUT2D eigenvalue weighted by Gasteiger charge is 2.23. The lowest BCUT2D eigenvalue weighted by Crippen LogP contribution is -2.30. The zero-order chi connectivity index (χ0) is 19.4. The van der Waals surface area contributed by atoms with Crippen molar-refractivity contribution < 1.29 is 17.9 Å². The molecule has 27 heavy (non-hydrogen) atoms. The molecule has 0 spiro atoms. The van der Waals surface area contributed by atoms with E-state index < -0.39 is 10.0 Å². The van der Waals surface area contributed by atoms with Crippen LogP contribution in [-0.4, -0.2) is 33.8 Å². The second-order valence-corrected chi connectivity index (χ2v) is 8.16. The number of thiocarbonyl (C=S) groups is 1. The standard InChI is InChI=1S/C18H21N3O4S2/c1-24-14-7-5-13(6-8-14)21-27(22,23)15-9-10-17(25-2)16(11-15)20-18(26)19-12-3-4-12/h5-12,21H,3-4H2,1-2H3,(H2,19,20,26). The van der Waals surface area contributed by atoms with E-state index in [9.17, 15) is 8.42 Å². The summed E-state index contributed by atoms with van der Waals surface area (Å²) in [5, 5.41) is 6.60. The lowest BCUT2D eigenvalue weighted by atomic mass is 10.3. The monoisotopic (exact) mass is 407 g/mol. The van der Waals surface area contributed by atoms with Crippen molar-refractivity contribution in [2.45, 2.75) is 23.8 Å². The third-order valence-corrected chi connectivity index (χ3v) is 5.58. The van der Waals surface area contributed by atoms with Gasteiger partial charge >= 0.3 is 0 Å². The van der Waals surface area contributed by atoms with Gasteiger partial charge < -0.3 is 20.1 Å². The first-order valence-electron chi connectivity index (χ1n) is 8.34. The van der Waals surface area contributed by atoms with Gasteiger partial charge in [0, 0.05) is 11.7 Å². The predicted octanol–water partition coefficient (Wildman–Crippen LogP) is 2.95. The van der Waals surface area contributed by atoms with Crippen LogP contribution in [-0.2, 0) is 10.0 Å². The fourth-order valence-electron chi connectivity index (χ4n) is 2.40. The Hall–Kier alpha value is -2.52. The molecular formula is C18H21N3O4S2. The number of anilines is 2. The molecule has 1 saturated carbocycles. The van der Waals surface area contributed by atoms with Crippen LogP contribution in [0.25, 0.3) is 0 Å². The Labute approximate surface area is 164 Å². The molecular weight excluding hydrogens is 386 g/mol. The largest absolute Gasteiger partial charge is 0.497 e. The Morgan fingerprint density at radius 3 is 2.37 bits per heavy atom. The Morgan fingerprint density at radius 1 is 1.07 bits per heavy atom. The molecule has 7 nitrogen and oxygen atoms in total. The van der Waals surface area contributed by atoms with Gasteiger partial charge in [0.15, 0.2) is 5.11 Å². The Balaban J connectivity index is 1.80. The van der Waals surface area contributed by atoms with Crippen LogP contribution in [0, 0.1) is 0 Å². The minimum absolute atomic E-state index is 0.0934. The van der Waals surface area contributed by atoms with Crippen LogP contribution in [0.15, 0.2) is 47.4 Å². The summed E-state index contributed by atoms with van der Waals surface area (Å²) in [4.78, 5) is 0.0934. The third kappa shape index (κ3) is 5.01. The van der Waals surface area contributed by atoms with Crippen molar-refractivity contribution in [1.82, 2.24) is 5.32 Å². The van der Waals surface area contributed by atoms with Crippen LogP contribution in [0.4, 0.5) is 11.4 Å². The summed E-state index contributed by atoms with van der Waals surface area (Å²) >= 11 is 5.27. The average Bonchev–Trinajstić information content (AvgIpc) is 3.45. The highest BCUT2D eigenvalue weighted by atomic mass is 32.2. The second kappa shape index (κ2) is 8.01. The maximum Gasteiger partial charge on any atom is 0.261 e. The summed E-state index contributed by atoms with van der Waals surface area (Å²) < 4.78 is 38.4. The van der Waals surface area contributed by atoms with Crippen molar-refractivity contribution in [3.8, 4) is 11.5 Å². The van der Waals surface area contributed by atoms with Crippen molar-refractivity contribution in [2.24, 2.45) is 0 Å². The molecule has 0 bridgehead atoms. The van der Waals surface area contributed by atoms with Crippen molar-refractivity contribution in [1.29, 1.82) is 0 Å². The number of ether oxygens (including phenoxy) is 2. The molecule has 0 saturated heterocycles. The van der Waals surface area contributed by atoms with Gasteiger partial charge in [-0.1, -0.05) is 0 Å². The molecule has 0 aliphatic heterocycles. The first-order valence-corrected chi connectivity index (χ1v) is 10.2. The van der Waals surface area contributed by atoms with Gasteiger partial charge in [0.1, 0.15) is 11.5 Å². The first kappa shape index (κ1) is 19.2. The maximum absolute atomic E-state index is 12.7.